The maximum atomic E-state index is 13.1. The zero-order valence-electron chi connectivity index (χ0n) is 46.4. The van der Waals surface area contributed by atoms with Crippen molar-refractivity contribution < 1.29 is 204 Å². The summed E-state index contributed by atoms with van der Waals surface area (Å²) in [4.78, 5) is 75.9. The Balaban J connectivity index is 1.32. The molecule has 0 aromatic rings. The van der Waals surface area contributed by atoms with Gasteiger partial charge in [-0.3, -0.25) is 28.0 Å². The number of aliphatic hydroxyl groups excluding tert-OH is 11. The SMILES string of the molecule is CC(=O)N[C@H]1[C@H](O[C@H]2[C@H](O)[C@@H](O)[C@H](O[C@H]3[C@H](O)[C@@H](COS(=O)(=O)O)O[C@@H](O[C@H]4[C@H](O)[C@@H](O)[C@H](O[C@H]5[C@H](O)[C@@H](COS(=O)(=O)O)O[C@@H](O[C@H]6[C@H](O)[C@@H](O)[C@H](O)O[C@@H]6C(=O)O)[C@@H]5NC(C)=O)O[C@@H]4C(=O)O)[C@@H]3NC(C)=O)O[C@@H]2C(=O)O)O[C@H](COS(=O)(=O)O)[C@@H](O)[C@@H]1O. The molecule has 6 rings (SSSR count). The Kier molecular flexibility index (Phi) is 25.3. The van der Waals surface area contributed by atoms with Crippen LogP contribution in [0.15, 0.2) is 0 Å². The van der Waals surface area contributed by atoms with E-state index in [4.69, 9.17) is 56.7 Å². The summed E-state index contributed by atoms with van der Waals surface area (Å²) in [5.41, 5.74) is 0. The van der Waals surface area contributed by atoms with Crippen LogP contribution < -0.4 is 16.0 Å². The largest absolute Gasteiger partial charge is 0.479 e. The molecule has 0 unspecified atom stereocenters. The van der Waals surface area contributed by atoms with Gasteiger partial charge in [0.15, 0.2) is 56.1 Å². The van der Waals surface area contributed by atoms with Crippen LogP contribution >= 0.6 is 0 Å². The summed E-state index contributed by atoms with van der Waals surface area (Å²) >= 11 is 0. The molecule has 6 saturated heterocycles. The van der Waals surface area contributed by atoms with Crippen LogP contribution in [-0.4, -0.2) is 350 Å². The van der Waals surface area contributed by atoms with Crippen molar-refractivity contribution in [2.24, 2.45) is 0 Å². The highest BCUT2D eigenvalue weighted by atomic mass is 32.3. The Morgan fingerprint density at radius 2 is 0.615 bits per heavy atom. The summed E-state index contributed by atoms with van der Waals surface area (Å²) in [6, 6.07) is -6.40. The molecule has 0 aliphatic carbocycles. The average molecular weight is 1400 g/mol. The second kappa shape index (κ2) is 30.5. The van der Waals surface area contributed by atoms with Crippen LogP contribution in [0.2, 0.25) is 0 Å². The fourth-order valence-corrected chi connectivity index (χ4v) is 11.0. The lowest BCUT2D eigenvalue weighted by molar-refractivity contribution is -0.376. The highest BCUT2D eigenvalue weighted by Gasteiger charge is 2.60. The van der Waals surface area contributed by atoms with Crippen molar-refractivity contribution in [2.75, 3.05) is 19.8 Å². The van der Waals surface area contributed by atoms with Gasteiger partial charge in [-0.25, -0.2) is 26.9 Å². The summed E-state index contributed by atoms with van der Waals surface area (Å²) in [7, 11) is -16.3. The zero-order valence-corrected chi connectivity index (χ0v) is 48.8. The van der Waals surface area contributed by atoms with E-state index >= 15 is 0 Å². The fraction of sp³-hybridized carbons (Fsp3) is 0.857. The molecule has 6 fully saturated rings. The number of ether oxygens (including phenoxy) is 11. The molecular formula is C42H65N3O43S3. The monoisotopic (exact) mass is 1400 g/mol. The van der Waals surface area contributed by atoms with Crippen molar-refractivity contribution in [3.05, 3.63) is 0 Å². The second-order valence-electron chi connectivity index (χ2n) is 20.7. The molecule has 0 saturated carbocycles. The van der Waals surface area contributed by atoms with Crippen molar-refractivity contribution in [3.8, 4) is 0 Å². The van der Waals surface area contributed by atoms with Gasteiger partial charge in [-0.05, 0) is 0 Å². The lowest BCUT2D eigenvalue weighted by Gasteiger charge is -2.50. The number of amides is 3. The molecule has 46 nitrogen and oxygen atoms in total. The Labute approximate surface area is 510 Å². The smallest absolute Gasteiger partial charge is 0.397 e. The third kappa shape index (κ3) is 18.9. The standard InChI is InChI=1S/C42H65N3O43S3/c1-7(46)43-13-19(52)16(49)10(4-75-89(66,67)68)78-38(13)84-29-21(54)24(57)41(87-32(29)35(61)62)83-27-15(45-9(3)48)40(80-12(18(27)51)6-77-91(72,73)74)86-30-22(55)25(58)42(88-33(30)36(63)64)82-26-14(44-8(2)47)39(79-11(17(26)50)5-76-90(69,70)71)85-28-20(53)23(56)37(65)81-31(28)34(59)60/h10-33,37-42,49-58,65H,4-6H2,1-3H3,(H,43,46)(H,44,47)(H,45,48)(H,59,60)(H,61,62)(H,63,64)(H,66,67,68)(H,69,70,71)(H,72,73,74)/t10-,11-,12-,13-,14-,15-,16-,17-,18-,19-,20-,21-,22-,23-,24-,25-,26-,27-,28+,29+,30+,31+,32+,33+,37-,38+,39+,40+,41-,42-/m1/s1. The van der Waals surface area contributed by atoms with Crippen LogP contribution in [0.25, 0.3) is 0 Å². The van der Waals surface area contributed by atoms with Crippen molar-refractivity contribution in [1.29, 1.82) is 0 Å². The fourth-order valence-electron chi connectivity index (χ4n) is 10.0. The van der Waals surface area contributed by atoms with E-state index in [0.717, 1.165) is 20.8 Å². The highest BCUT2D eigenvalue weighted by Crippen LogP contribution is 2.38. The van der Waals surface area contributed by atoms with E-state index in [0.29, 0.717) is 0 Å². The van der Waals surface area contributed by atoms with Crippen LogP contribution in [0.1, 0.15) is 20.8 Å². The number of nitrogens with one attached hydrogen (secondary N) is 3. The van der Waals surface area contributed by atoms with Gasteiger partial charge in [-0.2, -0.15) is 25.3 Å². The molecule has 0 bridgehead atoms. The predicted octanol–water partition coefficient (Wildman–Crippen LogP) is -13.9. The van der Waals surface area contributed by atoms with Gasteiger partial charge in [0, 0.05) is 20.8 Å². The Hall–Kier alpha value is -4.45. The van der Waals surface area contributed by atoms with Gasteiger partial charge in [0.05, 0.1) is 19.8 Å². The molecule has 6 aliphatic rings. The van der Waals surface area contributed by atoms with Crippen LogP contribution in [0.4, 0.5) is 0 Å². The van der Waals surface area contributed by atoms with E-state index in [9.17, 15) is 135 Å². The van der Waals surface area contributed by atoms with Crippen LogP contribution in [0.3, 0.4) is 0 Å². The van der Waals surface area contributed by atoms with Gasteiger partial charge >= 0.3 is 49.1 Å². The molecule has 20 N–H and O–H groups in total. The molecule has 6 aliphatic heterocycles. The topological polar surface area (TPSA) is 714 Å². The van der Waals surface area contributed by atoms with Gasteiger partial charge in [0.25, 0.3) is 0 Å². The number of hydrogen-bond donors (Lipinski definition) is 20. The molecule has 524 valence electrons. The molecule has 6 heterocycles. The average Bonchev–Trinajstić information content (AvgIpc) is 0.782. The van der Waals surface area contributed by atoms with E-state index in [-0.39, 0.29) is 0 Å². The van der Waals surface area contributed by atoms with Gasteiger partial charge in [0.1, 0.15) is 128 Å². The molecule has 3 amide bonds. The lowest BCUT2D eigenvalue weighted by atomic mass is 9.93. The third-order valence-electron chi connectivity index (χ3n) is 14.1. The van der Waals surface area contributed by atoms with Crippen molar-refractivity contribution in [1.82, 2.24) is 16.0 Å². The first-order valence-corrected chi connectivity index (χ1v) is 30.1. The number of hydrogen-bond acceptors (Lipinski definition) is 37. The number of carbonyl (C=O) groups is 6. The number of carboxylic acids is 3. The van der Waals surface area contributed by atoms with E-state index in [2.05, 4.69) is 28.5 Å². The van der Waals surface area contributed by atoms with E-state index in [1.54, 1.807) is 0 Å². The molecule has 91 heavy (non-hydrogen) atoms. The summed E-state index contributed by atoms with van der Waals surface area (Å²) in [6.07, 6.45) is -66.6. The minimum absolute atomic E-state index is 0.755. The Bertz CT molecular complexity index is 2920. The van der Waals surface area contributed by atoms with Crippen molar-refractivity contribution >= 4 is 66.8 Å². The van der Waals surface area contributed by atoms with Gasteiger partial charge in [-0.15, -0.1) is 0 Å². The van der Waals surface area contributed by atoms with Gasteiger partial charge in [-0.1, -0.05) is 0 Å². The van der Waals surface area contributed by atoms with E-state index in [1.807, 2.05) is 0 Å². The van der Waals surface area contributed by atoms with Crippen LogP contribution in [0, 0.1) is 0 Å². The number of carbonyl (C=O) groups excluding carboxylic acids is 3. The van der Waals surface area contributed by atoms with Crippen molar-refractivity contribution in [2.45, 2.75) is 205 Å². The maximum Gasteiger partial charge on any atom is 0.397 e. The summed E-state index contributed by atoms with van der Waals surface area (Å²) in [5.74, 6) is -9.58. The number of carboxylic acid groups (broad SMARTS) is 3. The molecule has 0 aromatic carbocycles. The van der Waals surface area contributed by atoms with Gasteiger partial charge in [0.2, 0.25) is 17.7 Å². The minimum atomic E-state index is -5.53. The first kappa shape index (κ1) is 75.6. The molecule has 0 radical (unpaired) electrons. The number of rotatable bonds is 25. The van der Waals surface area contributed by atoms with Crippen LogP contribution in [-0.2, 0) is 125 Å². The lowest BCUT2D eigenvalue weighted by Crippen LogP contribution is -2.71. The molecular weight excluding hydrogens is 1330 g/mol. The van der Waals surface area contributed by atoms with E-state index in [1.165, 1.54) is 0 Å². The quantitative estimate of drug-likeness (QED) is 0.0377. The van der Waals surface area contributed by atoms with Crippen LogP contribution in [0.5, 0.6) is 0 Å². The van der Waals surface area contributed by atoms with E-state index < -0.39 is 271 Å². The predicted molar refractivity (Wildman–Crippen MR) is 267 cm³/mol. The van der Waals surface area contributed by atoms with Crippen molar-refractivity contribution in [3.63, 3.8) is 0 Å². The number of aliphatic carboxylic acids is 3. The normalized spacial score (nSPS) is 42.6. The highest BCUT2D eigenvalue weighted by molar-refractivity contribution is 7.81. The Morgan fingerprint density at radius 1 is 0.341 bits per heavy atom. The molecule has 30 atom stereocenters. The van der Waals surface area contributed by atoms with Gasteiger partial charge < -0.3 is 140 Å². The molecule has 49 heteroatoms. The first-order chi connectivity index (χ1) is 42.0. The number of aliphatic hydroxyl groups is 11. The second-order valence-corrected chi connectivity index (χ2v) is 23.9. The maximum absolute atomic E-state index is 13.1. The summed E-state index contributed by atoms with van der Waals surface area (Å²) < 4.78 is 171. The summed E-state index contributed by atoms with van der Waals surface area (Å²) in [5, 5.41) is 159. The zero-order chi connectivity index (χ0) is 68.4. The first-order valence-electron chi connectivity index (χ1n) is 26.0. The Morgan fingerprint density at radius 3 is 0.923 bits per heavy atom. The molecule has 0 aromatic heterocycles. The third-order valence-corrected chi connectivity index (χ3v) is 15.4. The summed E-state index contributed by atoms with van der Waals surface area (Å²) in [6.45, 7) is -1.84. The minimum Gasteiger partial charge on any atom is -0.479 e. The molecule has 0 spiro atoms.